The van der Waals surface area contributed by atoms with Crippen molar-refractivity contribution >= 4 is 16.1 Å². The second-order valence-electron chi connectivity index (χ2n) is 1.73. The lowest BCUT2D eigenvalue weighted by atomic mass is 10.3. The molecule has 0 aromatic carbocycles. The van der Waals surface area contributed by atoms with Gasteiger partial charge in [0.2, 0.25) is 0 Å². The first-order chi connectivity index (χ1) is 4.88. The Hall–Kier alpha value is -1.13. The monoisotopic (exact) mass is 179 g/mol. The zero-order valence-corrected chi connectivity index (χ0v) is 6.08. The Morgan fingerprint density at radius 3 is 2.18 bits per heavy atom. The molecule has 0 rings (SSSR count). The third-order valence-corrected chi connectivity index (χ3v) is 1.85. The minimum Gasteiger partial charge on any atom is -0.481 e. The van der Waals surface area contributed by atoms with Gasteiger partial charge in [-0.2, -0.15) is 13.7 Å². The van der Waals surface area contributed by atoms with Gasteiger partial charge < -0.3 is 5.11 Å². The molecule has 0 radical (unpaired) electrons. The number of aliphatic carboxylic acids is 1. The number of nitriles is 1. The third-order valence-electron chi connectivity index (χ3n) is 0.864. The van der Waals surface area contributed by atoms with E-state index < -0.39 is 27.8 Å². The predicted molar refractivity (Wildman–Crippen MR) is 33.2 cm³/mol. The van der Waals surface area contributed by atoms with E-state index in [0.29, 0.717) is 0 Å². The van der Waals surface area contributed by atoms with Crippen LogP contribution in [0.15, 0.2) is 0 Å². The maximum atomic E-state index is 10.2. The molecule has 7 heteroatoms. The van der Waals surface area contributed by atoms with E-state index in [1.54, 1.807) is 0 Å². The van der Waals surface area contributed by atoms with Crippen LogP contribution in [0.3, 0.4) is 0 Å². The Balaban J connectivity index is 4.48. The Morgan fingerprint density at radius 1 is 1.64 bits per heavy atom. The normalized spacial score (nSPS) is 13.5. The SMILES string of the molecule is N#CC(CC(=O)O)S(=O)(=O)O. The largest absolute Gasteiger partial charge is 0.481 e. The zero-order valence-electron chi connectivity index (χ0n) is 5.26. The molecule has 2 N–H and O–H groups in total. The highest BCUT2D eigenvalue weighted by molar-refractivity contribution is 7.86. The molecule has 11 heavy (non-hydrogen) atoms. The van der Waals surface area contributed by atoms with Gasteiger partial charge in [-0.15, -0.1) is 0 Å². The van der Waals surface area contributed by atoms with Crippen molar-refractivity contribution < 1.29 is 22.9 Å². The maximum absolute atomic E-state index is 10.2. The molecular weight excluding hydrogens is 174 g/mol. The van der Waals surface area contributed by atoms with E-state index in [-0.39, 0.29) is 0 Å². The van der Waals surface area contributed by atoms with Crippen molar-refractivity contribution in [3.8, 4) is 6.07 Å². The van der Waals surface area contributed by atoms with Crippen LogP contribution < -0.4 is 0 Å². The van der Waals surface area contributed by atoms with E-state index >= 15 is 0 Å². The maximum Gasteiger partial charge on any atom is 0.305 e. The van der Waals surface area contributed by atoms with E-state index in [1.165, 1.54) is 0 Å². The first kappa shape index (κ1) is 9.87. The number of hydrogen-bond donors (Lipinski definition) is 2. The lowest BCUT2D eigenvalue weighted by molar-refractivity contribution is -0.136. The number of carboxylic acids is 1. The lowest BCUT2D eigenvalue weighted by Gasteiger charge is -1.99. The van der Waals surface area contributed by atoms with E-state index in [4.69, 9.17) is 14.9 Å². The summed E-state index contributed by atoms with van der Waals surface area (Å²) >= 11 is 0. The smallest absolute Gasteiger partial charge is 0.305 e. The van der Waals surface area contributed by atoms with Crippen LogP contribution in [0.25, 0.3) is 0 Å². The lowest BCUT2D eigenvalue weighted by Crippen LogP contribution is -2.21. The van der Waals surface area contributed by atoms with Crippen LogP contribution in [0.5, 0.6) is 0 Å². The molecule has 1 atom stereocenters. The van der Waals surface area contributed by atoms with Crippen LogP contribution in [0.4, 0.5) is 0 Å². The van der Waals surface area contributed by atoms with Gasteiger partial charge in [-0.1, -0.05) is 0 Å². The highest BCUT2D eigenvalue weighted by atomic mass is 32.2. The minimum absolute atomic E-state index is 0.907. The number of hydrogen-bond acceptors (Lipinski definition) is 4. The minimum atomic E-state index is -4.55. The molecule has 0 aliphatic rings. The highest BCUT2D eigenvalue weighted by Crippen LogP contribution is 2.01. The molecule has 6 nitrogen and oxygen atoms in total. The molecule has 0 saturated carbocycles. The summed E-state index contributed by atoms with van der Waals surface area (Å²) in [7, 11) is -4.55. The van der Waals surface area contributed by atoms with Gasteiger partial charge in [-0.05, 0) is 0 Å². The van der Waals surface area contributed by atoms with Crippen molar-refractivity contribution in [1.82, 2.24) is 0 Å². The predicted octanol–water partition coefficient (Wildman–Crippen LogP) is -0.759. The molecule has 1 unspecified atom stereocenters. The van der Waals surface area contributed by atoms with Crippen LogP contribution in [0, 0.1) is 11.3 Å². The van der Waals surface area contributed by atoms with E-state index in [2.05, 4.69) is 0 Å². The molecule has 0 aliphatic carbocycles. The van der Waals surface area contributed by atoms with Crippen LogP contribution in [-0.4, -0.2) is 29.3 Å². The number of rotatable bonds is 3. The summed E-state index contributed by atoms with van der Waals surface area (Å²) in [6.45, 7) is 0. The Labute approximate surface area is 62.8 Å². The van der Waals surface area contributed by atoms with Gasteiger partial charge in [-0.25, -0.2) is 0 Å². The molecule has 0 aliphatic heterocycles. The Kier molecular flexibility index (Phi) is 2.98. The van der Waals surface area contributed by atoms with Crippen LogP contribution in [0.2, 0.25) is 0 Å². The summed E-state index contributed by atoms with van der Waals surface area (Å²) < 4.78 is 28.5. The third kappa shape index (κ3) is 3.54. The van der Waals surface area contributed by atoms with E-state index in [9.17, 15) is 13.2 Å². The fraction of sp³-hybridized carbons (Fsp3) is 0.500. The summed E-state index contributed by atoms with van der Waals surface area (Å²) in [4.78, 5) is 9.89. The molecule has 0 saturated heterocycles. The van der Waals surface area contributed by atoms with Crippen LogP contribution in [0.1, 0.15) is 6.42 Å². The number of nitrogens with zero attached hydrogens (tertiary/aromatic N) is 1. The number of carbonyl (C=O) groups is 1. The van der Waals surface area contributed by atoms with Crippen molar-refractivity contribution in [2.45, 2.75) is 11.7 Å². The summed E-state index contributed by atoms with van der Waals surface area (Å²) in [6.07, 6.45) is -0.907. The molecule has 0 spiro atoms. The second-order valence-corrected chi connectivity index (χ2v) is 3.33. The molecule has 0 aromatic rings. The topological polar surface area (TPSA) is 115 Å². The van der Waals surface area contributed by atoms with Crippen molar-refractivity contribution in [3.05, 3.63) is 0 Å². The average Bonchev–Trinajstić information content (AvgIpc) is 1.79. The quantitative estimate of drug-likeness (QED) is 0.550. The fourth-order valence-electron chi connectivity index (χ4n) is 0.376. The van der Waals surface area contributed by atoms with Crippen molar-refractivity contribution in [2.75, 3.05) is 0 Å². The van der Waals surface area contributed by atoms with Crippen molar-refractivity contribution in [1.29, 1.82) is 5.26 Å². The van der Waals surface area contributed by atoms with Gasteiger partial charge in [0.15, 0.2) is 5.25 Å². The van der Waals surface area contributed by atoms with E-state index in [0.717, 1.165) is 6.07 Å². The molecule has 62 valence electrons. The summed E-state index contributed by atoms with van der Waals surface area (Å²) in [5.74, 6) is -1.45. The Morgan fingerprint density at radius 2 is 2.09 bits per heavy atom. The molecule has 0 heterocycles. The van der Waals surface area contributed by atoms with Gasteiger partial charge in [-0.3, -0.25) is 9.35 Å². The molecule has 0 fully saturated rings. The molecule has 0 aromatic heterocycles. The standard InChI is InChI=1S/C4H5NO5S/c5-2-3(1-4(6)7)11(8,9)10/h3H,1H2,(H,6,7)(H,8,9,10). The van der Waals surface area contributed by atoms with Gasteiger partial charge in [0.25, 0.3) is 10.1 Å². The van der Waals surface area contributed by atoms with Gasteiger partial charge in [0.1, 0.15) is 0 Å². The molecule has 0 bridgehead atoms. The first-order valence-corrected chi connectivity index (χ1v) is 3.96. The average molecular weight is 179 g/mol. The van der Waals surface area contributed by atoms with Gasteiger partial charge >= 0.3 is 5.97 Å². The van der Waals surface area contributed by atoms with Gasteiger partial charge in [0, 0.05) is 0 Å². The molecule has 0 amide bonds. The van der Waals surface area contributed by atoms with Crippen LogP contribution >= 0.6 is 0 Å². The number of carboxylic acid groups (broad SMARTS) is 1. The summed E-state index contributed by atoms with van der Waals surface area (Å²) in [5, 5.41) is 14.2. The summed E-state index contributed by atoms with van der Waals surface area (Å²) in [6, 6.07) is 1.15. The van der Waals surface area contributed by atoms with Crippen molar-refractivity contribution in [2.24, 2.45) is 0 Å². The molecular formula is C4H5NO5S. The summed E-state index contributed by atoms with van der Waals surface area (Å²) in [5.41, 5.74) is 0. The van der Waals surface area contributed by atoms with Crippen molar-refractivity contribution in [3.63, 3.8) is 0 Å². The second kappa shape index (κ2) is 3.32. The first-order valence-electron chi connectivity index (χ1n) is 2.45. The van der Waals surface area contributed by atoms with Crippen LogP contribution in [-0.2, 0) is 14.9 Å². The zero-order chi connectivity index (χ0) is 9.07. The highest BCUT2D eigenvalue weighted by Gasteiger charge is 2.25. The van der Waals surface area contributed by atoms with E-state index in [1.807, 2.05) is 0 Å². The fourth-order valence-corrected chi connectivity index (χ4v) is 0.863. The van der Waals surface area contributed by atoms with Gasteiger partial charge in [0.05, 0.1) is 12.5 Å². The Bertz CT molecular complexity index is 286.